The molecule has 26 heavy (non-hydrogen) atoms. The Hall–Kier alpha value is -1.62. The zero-order valence-electron chi connectivity index (χ0n) is 16.3. The summed E-state index contributed by atoms with van der Waals surface area (Å²) in [4.78, 5) is 7.22. The van der Waals surface area contributed by atoms with Crippen LogP contribution in [-0.4, -0.2) is 18.3 Å². The van der Waals surface area contributed by atoms with E-state index in [1.807, 2.05) is 18.3 Å². The Morgan fingerprint density at radius 1 is 1.15 bits per heavy atom. The first-order valence-corrected chi connectivity index (χ1v) is 10.3. The van der Waals surface area contributed by atoms with Gasteiger partial charge in [0.05, 0.1) is 11.2 Å². The van der Waals surface area contributed by atoms with Gasteiger partial charge in [-0.2, -0.15) is 0 Å². The highest BCUT2D eigenvalue weighted by Crippen LogP contribution is 2.40. The van der Waals surface area contributed by atoms with Gasteiger partial charge in [-0.1, -0.05) is 19.1 Å². The maximum atomic E-state index is 4.69. The molecule has 1 aliphatic rings. The van der Waals surface area contributed by atoms with Gasteiger partial charge < -0.3 is 4.90 Å². The summed E-state index contributed by atoms with van der Waals surface area (Å²) in [5.41, 5.74) is 7.52. The molecule has 1 aliphatic heterocycles. The third-order valence-electron chi connectivity index (χ3n) is 4.97. The van der Waals surface area contributed by atoms with E-state index in [2.05, 4.69) is 92.5 Å². The maximum Gasteiger partial charge on any atom is 0.0640 e. The highest BCUT2D eigenvalue weighted by atomic mass is 127. The Balaban J connectivity index is 2.03. The standard InChI is InChI=1S/C23H27IN2/c1-6-10-26-22-11-16(2)18(12-21(22)17(3)14-23(26,4)5)15-25-20-9-7-8-19(24)13-20/h7-9,11-15H,6,10H2,1-5H3. The fraction of sp³-hybridized carbons (Fsp3) is 0.348. The molecule has 0 unspecified atom stereocenters. The van der Waals surface area contributed by atoms with E-state index in [1.165, 1.54) is 31.5 Å². The molecule has 0 amide bonds. The van der Waals surface area contributed by atoms with Gasteiger partial charge in [-0.25, -0.2) is 0 Å². The van der Waals surface area contributed by atoms with Crippen molar-refractivity contribution in [2.75, 3.05) is 11.4 Å². The number of allylic oxidation sites excluding steroid dienone is 1. The van der Waals surface area contributed by atoms with Gasteiger partial charge in [-0.05, 0) is 104 Å². The minimum Gasteiger partial charge on any atom is -0.362 e. The molecule has 1 heterocycles. The minimum absolute atomic E-state index is 0.0515. The second kappa shape index (κ2) is 7.55. The fourth-order valence-electron chi connectivity index (χ4n) is 3.72. The van der Waals surface area contributed by atoms with E-state index >= 15 is 0 Å². The molecule has 0 aromatic heterocycles. The van der Waals surface area contributed by atoms with Gasteiger partial charge in [-0.15, -0.1) is 0 Å². The summed E-state index contributed by atoms with van der Waals surface area (Å²) >= 11 is 2.32. The van der Waals surface area contributed by atoms with Crippen molar-refractivity contribution in [3.8, 4) is 0 Å². The molecule has 3 heteroatoms. The summed E-state index contributed by atoms with van der Waals surface area (Å²) in [5, 5.41) is 0. The molecule has 2 aromatic carbocycles. The zero-order chi connectivity index (χ0) is 18.9. The second-order valence-corrected chi connectivity index (χ2v) is 8.84. The molecule has 0 saturated heterocycles. The number of hydrogen-bond acceptors (Lipinski definition) is 2. The third-order valence-corrected chi connectivity index (χ3v) is 5.64. The predicted octanol–water partition coefficient (Wildman–Crippen LogP) is 6.76. The molecule has 2 nitrogen and oxygen atoms in total. The molecule has 0 spiro atoms. The molecule has 0 bridgehead atoms. The molecule has 0 fully saturated rings. The molecule has 136 valence electrons. The second-order valence-electron chi connectivity index (χ2n) is 7.60. The van der Waals surface area contributed by atoms with Crippen LogP contribution in [-0.2, 0) is 0 Å². The van der Waals surface area contributed by atoms with E-state index in [1.54, 1.807) is 0 Å². The molecule has 0 saturated carbocycles. The monoisotopic (exact) mass is 458 g/mol. The number of hydrogen-bond donors (Lipinski definition) is 0. The fourth-order valence-corrected chi connectivity index (χ4v) is 4.24. The number of aryl methyl sites for hydroxylation is 1. The largest absolute Gasteiger partial charge is 0.362 e. The van der Waals surface area contributed by atoms with E-state index < -0.39 is 0 Å². The smallest absolute Gasteiger partial charge is 0.0640 e. The van der Waals surface area contributed by atoms with E-state index in [4.69, 9.17) is 4.99 Å². The molecule has 2 aromatic rings. The van der Waals surface area contributed by atoms with Crippen LogP contribution >= 0.6 is 22.6 Å². The van der Waals surface area contributed by atoms with Gasteiger partial charge >= 0.3 is 0 Å². The van der Waals surface area contributed by atoms with Crippen LogP contribution in [0.3, 0.4) is 0 Å². The van der Waals surface area contributed by atoms with Crippen LogP contribution in [0, 0.1) is 10.5 Å². The highest BCUT2D eigenvalue weighted by molar-refractivity contribution is 14.1. The Bertz CT molecular complexity index is 878. The van der Waals surface area contributed by atoms with Gasteiger partial charge in [0.25, 0.3) is 0 Å². The van der Waals surface area contributed by atoms with Crippen LogP contribution in [0.2, 0.25) is 0 Å². The molecular weight excluding hydrogens is 431 g/mol. The van der Waals surface area contributed by atoms with Crippen LogP contribution in [0.25, 0.3) is 5.57 Å². The lowest BCUT2D eigenvalue weighted by atomic mass is 9.87. The van der Waals surface area contributed by atoms with Crippen molar-refractivity contribution >= 4 is 45.8 Å². The molecule has 0 radical (unpaired) electrons. The summed E-state index contributed by atoms with van der Waals surface area (Å²) in [7, 11) is 0. The number of benzene rings is 2. The third kappa shape index (κ3) is 3.88. The molecule has 0 N–H and O–H groups in total. The van der Waals surface area contributed by atoms with Gasteiger partial charge in [0, 0.05) is 27.6 Å². The molecule has 0 aliphatic carbocycles. The summed E-state index contributed by atoms with van der Waals surface area (Å²) in [6, 6.07) is 12.9. The lowest BCUT2D eigenvalue weighted by Gasteiger charge is -2.43. The highest BCUT2D eigenvalue weighted by Gasteiger charge is 2.30. The van der Waals surface area contributed by atoms with Crippen molar-refractivity contribution in [1.82, 2.24) is 0 Å². The zero-order valence-corrected chi connectivity index (χ0v) is 18.5. The average molecular weight is 458 g/mol. The maximum absolute atomic E-state index is 4.69. The quantitative estimate of drug-likeness (QED) is 0.365. The van der Waals surface area contributed by atoms with E-state index in [-0.39, 0.29) is 5.54 Å². The van der Waals surface area contributed by atoms with Gasteiger partial charge in [0.1, 0.15) is 0 Å². The van der Waals surface area contributed by atoms with Crippen LogP contribution < -0.4 is 4.90 Å². The van der Waals surface area contributed by atoms with Crippen molar-refractivity contribution in [3.05, 3.63) is 62.7 Å². The Morgan fingerprint density at radius 3 is 2.62 bits per heavy atom. The Morgan fingerprint density at radius 2 is 1.92 bits per heavy atom. The number of fused-ring (bicyclic) bond motifs is 1. The number of aliphatic imine (C=N–C) groups is 1. The van der Waals surface area contributed by atoms with E-state index in [0.717, 1.165) is 18.7 Å². The minimum atomic E-state index is 0.0515. The Kier molecular flexibility index (Phi) is 5.56. The first-order chi connectivity index (χ1) is 12.3. The van der Waals surface area contributed by atoms with Crippen molar-refractivity contribution < 1.29 is 0 Å². The predicted molar refractivity (Wildman–Crippen MR) is 123 cm³/mol. The van der Waals surface area contributed by atoms with Gasteiger partial charge in [0.2, 0.25) is 0 Å². The first kappa shape index (κ1) is 19.2. The van der Waals surface area contributed by atoms with Crippen LogP contribution in [0.4, 0.5) is 11.4 Å². The molecule has 0 atom stereocenters. The van der Waals surface area contributed by atoms with Crippen molar-refractivity contribution in [2.45, 2.75) is 46.6 Å². The number of rotatable bonds is 4. The summed E-state index contributed by atoms with van der Waals surface area (Å²) < 4.78 is 1.20. The lowest BCUT2D eigenvalue weighted by Crippen LogP contribution is -2.45. The normalized spacial score (nSPS) is 15.9. The van der Waals surface area contributed by atoms with E-state index in [0.29, 0.717) is 0 Å². The molecular formula is C23H27IN2. The Labute approximate surface area is 171 Å². The summed E-state index contributed by atoms with van der Waals surface area (Å²) in [6.45, 7) is 12.3. The summed E-state index contributed by atoms with van der Waals surface area (Å²) in [6.07, 6.45) is 5.53. The van der Waals surface area contributed by atoms with Gasteiger partial charge in [0.15, 0.2) is 0 Å². The number of anilines is 1. The molecule has 3 rings (SSSR count). The summed E-state index contributed by atoms with van der Waals surface area (Å²) in [5.74, 6) is 0. The van der Waals surface area contributed by atoms with Crippen molar-refractivity contribution in [3.63, 3.8) is 0 Å². The van der Waals surface area contributed by atoms with Crippen molar-refractivity contribution in [1.29, 1.82) is 0 Å². The van der Waals surface area contributed by atoms with Crippen LogP contribution in [0.5, 0.6) is 0 Å². The number of nitrogens with zero attached hydrogens (tertiary/aromatic N) is 2. The van der Waals surface area contributed by atoms with Crippen LogP contribution in [0.1, 0.15) is 50.8 Å². The van der Waals surface area contributed by atoms with Crippen molar-refractivity contribution in [2.24, 2.45) is 4.99 Å². The van der Waals surface area contributed by atoms with E-state index in [9.17, 15) is 0 Å². The van der Waals surface area contributed by atoms with Crippen LogP contribution in [0.15, 0.2) is 47.5 Å². The topological polar surface area (TPSA) is 15.6 Å². The lowest BCUT2D eigenvalue weighted by molar-refractivity contribution is 0.550. The SMILES string of the molecule is CCCN1c2cc(C)c(C=Nc3cccc(I)c3)cc2C(C)=CC1(C)C. The first-order valence-electron chi connectivity index (χ1n) is 9.23. The van der Waals surface area contributed by atoms with Gasteiger partial charge in [-0.3, -0.25) is 4.99 Å². The average Bonchev–Trinajstić information content (AvgIpc) is 2.57. The number of halogens is 1.